The van der Waals surface area contributed by atoms with Gasteiger partial charge in [-0.2, -0.15) is 0 Å². The van der Waals surface area contributed by atoms with Crippen LogP contribution in [0.1, 0.15) is 12.8 Å². The van der Waals surface area contributed by atoms with Gasteiger partial charge >= 0.3 is 6.09 Å². The van der Waals surface area contributed by atoms with Crippen molar-refractivity contribution in [1.82, 2.24) is 5.32 Å². The maximum atomic E-state index is 9.92. The number of carbonyl (C=O) groups is 1. The molecule has 0 radical (unpaired) electrons. The Hall–Kier alpha value is -0.810. The van der Waals surface area contributed by atoms with Gasteiger partial charge in [0.15, 0.2) is 0 Å². The lowest BCUT2D eigenvalue weighted by molar-refractivity contribution is 0.194. The van der Waals surface area contributed by atoms with Gasteiger partial charge in [0.05, 0.1) is 6.61 Å². The molecule has 5 nitrogen and oxygen atoms in total. The van der Waals surface area contributed by atoms with Gasteiger partial charge in [0.1, 0.15) is 0 Å². The predicted molar refractivity (Wildman–Crippen MR) is 40.3 cm³/mol. The van der Waals surface area contributed by atoms with Crippen LogP contribution in [0.2, 0.25) is 0 Å². The number of hydrogen-bond donors (Lipinski definition) is 4. The molecule has 0 spiro atoms. The quantitative estimate of drug-likeness (QED) is 0.404. The molecule has 0 rings (SSSR count). The van der Waals surface area contributed by atoms with Crippen molar-refractivity contribution in [1.29, 1.82) is 0 Å². The van der Waals surface area contributed by atoms with Crippen LogP contribution in [0.15, 0.2) is 0 Å². The number of rotatable bonds is 5. The molecule has 0 aliphatic carbocycles. The Morgan fingerprint density at radius 1 is 1.64 bits per heavy atom. The summed E-state index contributed by atoms with van der Waals surface area (Å²) >= 11 is 0. The van der Waals surface area contributed by atoms with E-state index in [9.17, 15) is 4.79 Å². The van der Waals surface area contributed by atoms with Crippen molar-refractivity contribution in [3.63, 3.8) is 0 Å². The molecule has 66 valence electrons. The Kier molecular flexibility index (Phi) is 5.50. The molecule has 0 aromatic heterocycles. The van der Waals surface area contributed by atoms with Gasteiger partial charge < -0.3 is 21.3 Å². The molecule has 0 aliphatic heterocycles. The Morgan fingerprint density at radius 3 is 2.73 bits per heavy atom. The minimum absolute atomic E-state index is 0.0485. The van der Waals surface area contributed by atoms with E-state index in [-0.39, 0.29) is 12.6 Å². The zero-order valence-corrected chi connectivity index (χ0v) is 6.29. The number of amides is 1. The molecule has 0 heterocycles. The maximum Gasteiger partial charge on any atom is 0.404 e. The van der Waals surface area contributed by atoms with Crippen LogP contribution in [-0.2, 0) is 0 Å². The van der Waals surface area contributed by atoms with Gasteiger partial charge in [-0.15, -0.1) is 0 Å². The number of carboxylic acid groups (broad SMARTS) is 1. The van der Waals surface area contributed by atoms with Crippen molar-refractivity contribution in [2.45, 2.75) is 18.9 Å². The van der Waals surface area contributed by atoms with Gasteiger partial charge in [0, 0.05) is 12.6 Å². The van der Waals surface area contributed by atoms with Crippen LogP contribution < -0.4 is 11.1 Å². The Morgan fingerprint density at radius 2 is 2.27 bits per heavy atom. The number of aliphatic hydroxyl groups is 1. The Labute approximate surface area is 65.2 Å². The van der Waals surface area contributed by atoms with E-state index >= 15 is 0 Å². The lowest BCUT2D eigenvalue weighted by atomic mass is 10.2. The second-order valence-corrected chi connectivity index (χ2v) is 2.32. The van der Waals surface area contributed by atoms with E-state index in [1.165, 1.54) is 0 Å². The lowest BCUT2D eigenvalue weighted by Crippen LogP contribution is -2.27. The molecule has 11 heavy (non-hydrogen) atoms. The molecule has 0 fully saturated rings. The molecule has 1 atom stereocenters. The van der Waals surface area contributed by atoms with E-state index in [1.54, 1.807) is 0 Å². The van der Waals surface area contributed by atoms with Crippen molar-refractivity contribution in [3.8, 4) is 0 Å². The second kappa shape index (κ2) is 5.94. The van der Waals surface area contributed by atoms with Gasteiger partial charge in [0.2, 0.25) is 0 Å². The summed E-state index contributed by atoms with van der Waals surface area (Å²) in [7, 11) is 0. The largest absolute Gasteiger partial charge is 0.465 e. The van der Waals surface area contributed by atoms with E-state index in [2.05, 4.69) is 5.32 Å². The number of aliphatic hydroxyl groups excluding tert-OH is 1. The highest BCUT2D eigenvalue weighted by atomic mass is 16.4. The molecule has 0 saturated carbocycles. The molecular weight excluding hydrogens is 148 g/mol. The summed E-state index contributed by atoms with van der Waals surface area (Å²) < 4.78 is 0. The molecule has 1 amide bonds. The van der Waals surface area contributed by atoms with Crippen molar-refractivity contribution in [2.24, 2.45) is 5.73 Å². The molecule has 5 N–H and O–H groups in total. The maximum absolute atomic E-state index is 9.92. The first kappa shape index (κ1) is 10.2. The Bertz CT molecular complexity index is 118. The molecule has 0 saturated heterocycles. The minimum atomic E-state index is -1.03. The van der Waals surface area contributed by atoms with Crippen LogP contribution in [0.25, 0.3) is 0 Å². The standard InChI is InChI=1S/C6H14N2O3/c7-5(4-9)2-1-3-8-6(10)11/h5,8-9H,1-4,7H2,(H,10,11)/t5-/m0/s1. The molecule has 0 unspecified atom stereocenters. The first-order chi connectivity index (χ1) is 5.16. The van der Waals surface area contributed by atoms with Gasteiger partial charge in [-0.1, -0.05) is 0 Å². The van der Waals surface area contributed by atoms with Crippen molar-refractivity contribution in [3.05, 3.63) is 0 Å². The van der Waals surface area contributed by atoms with E-state index in [0.717, 1.165) is 0 Å². The monoisotopic (exact) mass is 162 g/mol. The summed E-state index contributed by atoms with van der Waals surface area (Å²) in [5, 5.41) is 18.8. The van der Waals surface area contributed by atoms with Crippen LogP contribution in [-0.4, -0.2) is 35.5 Å². The average molecular weight is 162 g/mol. The summed E-state index contributed by atoms with van der Waals surface area (Å²) in [6, 6.07) is -0.231. The van der Waals surface area contributed by atoms with Crippen molar-refractivity contribution >= 4 is 6.09 Å². The van der Waals surface area contributed by atoms with E-state index < -0.39 is 6.09 Å². The van der Waals surface area contributed by atoms with E-state index in [4.69, 9.17) is 15.9 Å². The molecule has 0 aromatic rings. The van der Waals surface area contributed by atoms with Crippen molar-refractivity contribution in [2.75, 3.05) is 13.2 Å². The van der Waals surface area contributed by atoms with Gasteiger partial charge in [-0.25, -0.2) is 4.79 Å². The van der Waals surface area contributed by atoms with Crippen LogP contribution in [0.5, 0.6) is 0 Å². The molecule has 0 bridgehead atoms. The van der Waals surface area contributed by atoms with E-state index in [1.807, 2.05) is 0 Å². The normalized spacial score (nSPS) is 12.5. The zero-order chi connectivity index (χ0) is 8.69. The third kappa shape index (κ3) is 7.08. The fourth-order valence-electron chi connectivity index (χ4n) is 0.651. The second-order valence-electron chi connectivity index (χ2n) is 2.32. The minimum Gasteiger partial charge on any atom is -0.465 e. The highest BCUT2D eigenvalue weighted by Gasteiger charge is 1.99. The average Bonchev–Trinajstić information content (AvgIpc) is 1.97. The number of hydrogen-bond acceptors (Lipinski definition) is 3. The number of nitrogens with two attached hydrogens (primary N) is 1. The smallest absolute Gasteiger partial charge is 0.404 e. The number of nitrogens with one attached hydrogen (secondary N) is 1. The summed E-state index contributed by atoms with van der Waals surface area (Å²) in [6.45, 7) is 0.343. The van der Waals surface area contributed by atoms with Gasteiger partial charge in [-0.3, -0.25) is 0 Å². The molecule has 5 heteroatoms. The van der Waals surface area contributed by atoms with Crippen molar-refractivity contribution < 1.29 is 15.0 Å². The molecular formula is C6H14N2O3. The topological polar surface area (TPSA) is 95.6 Å². The summed E-state index contributed by atoms with van der Waals surface area (Å²) in [5.41, 5.74) is 5.36. The third-order valence-electron chi connectivity index (χ3n) is 1.26. The van der Waals surface area contributed by atoms with Crippen LogP contribution in [0, 0.1) is 0 Å². The summed E-state index contributed by atoms with van der Waals surface area (Å²) in [6.07, 6.45) is 0.271. The highest BCUT2D eigenvalue weighted by molar-refractivity contribution is 5.64. The summed E-state index contributed by atoms with van der Waals surface area (Å²) in [4.78, 5) is 9.92. The Balaban J connectivity index is 3.08. The van der Waals surface area contributed by atoms with E-state index in [0.29, 0.717) is 19.4 Å². The van der Waals surface area contributed by atoms with Crippen LogP contribution in [0.4, 0.5) is 4.79 Å². The lowest BCUT2D eigenvalue weighted by Gasteiger charge is -2.06. The summed E-state index contributed by atoms with van der Waals surface area (Å²) in [5.74, 6) is 0. The van der Waals surface area contributed by atoms with Crippen LogP contribution in [0.3, 0.4) is 0 Å². The molecule has 0 aromatic carbocycles. The SMILES string of the molecule is N[C@H](CO)CCCNC(=O)O. The predicted octanol–water partition coefficient (Wildman–Crippen LogP) is -0.646. The first-order valence-corrected chi connectivity index (χ1v) is 3.50. The fourth-order valence-corrected chi connectivity index (χ4v) is 0.651. The highest BCUT2D eigenvalue weighted by Crippen LogP contribution is 1.91. The van der Waals surface area contributed by atoms with Gasteiger partial charge in [-0.05, 0) is 12.8 Å². The fraction of sp³-hybridized carbons (Fsp3) is 0.833. The first-order valence-electron chi connectivity index (χ1n) is 3.50. The molecule has 0 aliphatic rings. The van der Waals surface area contributed by atoms with Gasteiger partial charge in [0.25, 0.3) is 0 Å². The zero-order valence-electron chi connectivity index (χ0n) is 6.29. The van der Waals surface area contributed by atoms with Crippen LogP contribution >= 0.6 is 0 Å². The third-order valence-corrected chi connectivity index (χ3v) is 1.26.